The van der Waals surface area contributed by atoms with Gasteiger partial charge in [0.05, 0.1) is 22.1 Å². The summed E-state index contributed by atoms with van der Waals surface area (Å²) in [5.74, 6) is 0. The highest BCUT2D eigenvalue weighted by Gasteiger charge is 2.22. The summed E-state index contributed by atoms with van der Waals surface area (Å²) in [6.45, 7) is 13.8. The van der Waals surface area contributed by atoms with Crippen LogP contribution in [0.1, 0.15) is 52.7 Å². The van der Waals surface area contributed by atoms with Gasteiger partial charge in [0.1, 0.15) is 0 Å². The summed E-state index contributed by atoms with van der Waals surface area (Å²) in [6, 6.07) is 76.9. The van der Waals surface area contributed by atoms with Crippen molar-refractivity contribution >= 4 is 65.2 Å². The molecule has 0 unspecified atom stereocenters. The Morgan fingerprint density at radius 2 is 0.606 bits per heavy atom. The number of aromatic nitrogens is 2. The zero-order chi connectivity index (χ0) is 44.9. The lowest BCUT2D eigenvalue weighted by molar-refractivity contribution is 0.590. The van der Waals surface area contributed by atoms with E-state index in [9.17, 15) is 0 Å². The fourth-order valence-corrected chi connectivity index (χ4v) is 10.6. The first-order chi connectivity index (χ1) is 32.0. The minimum Gasteiger partial charge on any atom is -0.309 e. The molecule has 0 fully saturated rings. The molecule has 0 N–H and O–H groups in total. The maximum absolute atomic E-state index is 2.44. The molecular weight excluding hydrogens is 797 g/mol. The molecule has 12 aromatic rings. The van der Waals surface area contributed by atoms with Crippen LogP contribution in [0, 0.1) is 0 Å². The van der Waals surface area contributed by atoms with E-state index >= 15 is 0 Å². The van der Waals surface area contributed by atoms with E-state index in [1.54, 1.807) is 0 Å². The van der Waals surface area contributed by atoms with Crippen molar-refractivity contribution in [2.24, 2.45) is 0 Å². The standard InChI is InChI=1S/C64H52N2/c1-63(2,3)45-29-36-59-55(39-45)56-40-46(64(4,5)6)30-37-60(56)66(59)47-31-24-41(25-32-47)44-28-35-58-54(38-44)49-18-14-15-23-57(49)65(58)48-33-26-43(27-34-48)62-52-21-12-10-19-50(52)61(42-16-8-7-9-17-42)51-20-11-13-22-53(51)62/h7-40H,1-6H3. The molecule has 0 bridgehead atoms. The summed E-state index contributed by atoms with van der Waals surface area (Å²) >= 11 is 0. The van der Waals surface area contributed by atoms with Crippen LogP contribution in [0.25, 0.3) is 110 Å². The van der Waals surface area contributed by atoms with Gasteiger partial charge in [-0.15, -0.1) is 0 Å². The summed E-state index contributed by atoms with van der Waals surface area (Å²) in [4.78, 5) is 0. The predicted molar refractivity (Wildman–Crippen MR) is 284 cm³/mol. The van der Waals surface area contributed by atoms with Crippen molar-refractivity contribution in [1.29, 1.82) is 0 Å². The molecule has 0 radical (unpaired) electrons. The summed E-state index contributed by atoms with van der Waals surface area (Å²) in [5.41, 5.74) is 17.4. The van der Waals surface area contributed by atoms with Crippen molar-refractivity contribution in [3.63, 3.8) is 0 Å². The van der Waals surface area contributed by atoms with Gasteiger partial charge in [0.15, 0.2) is 0 Å². The topological polar surface area (TPSA) is 9.86 Å². The Bertz CT molecular complexity index is 3720. The number of para-hydroxylation sites is 1. The predicted octanol–water partition coefficient (Wildman–Crippen LogP) is 17.8. The molecule has 2 heterocycles. The van der Waals surface area contributed by atoms with Crippen LogP contribution in [0.5, 0.6) is 0 Å². The lowest BCUT2D eigenvalue weighted by Gasteiger charge is -2.19. The van der Waals surface area contributed by atoms with Gasteiger partial charge in [-0.05, 0) is 144 Å². The van der Waals surface area contributed by atoms with E-state index in [0.29, 0.717) is 0 Å². The number of benzene rings is 10. The van der Waals surface area contributed by atoms with E-state index in [1.165, 1.54) is 115 Å². The third-order valence-electron chi connectivity index (χ3n) is 14.0. The Balaban J connectivity index is 0.938. The molecule has 0 spiro atoms. The second kappa shape index (κ2) is 14.9. The van der Waals surface area contributed by atoms with Crippen molar-refractivity contribution in [2.45, 2.75) is 52.4 Å². The van der Waals surface area contributed by atoms with Gasteiger partial charge in [-0.2, -0.15) is 0 Å². The van der Waals surface area contributed by atoms with Crippen molar-refractivity contribution in [3.05, 3.63) is 217 Å². The van der Waals surface area contributed by atoms with E-state index < -0.39 is 0 Å². The maximum atomic E-state index is 2.44. The van der Waals surface area contributed by atoms with Crippen molar-refractivity contribution < 1.29 is 0 Å². The summed E-state index contributed by atoms with van der Waals surface area (Å²) in [6.07, 6.45) is 0. The van der Waals surface area contributed by atoms with Crippen molar-refractivity contribution in [3.8, 4) is 44.8 Å². The van der Waals surface area contributed by atoms with Gasteiger partial charge >= 0.3 is 0 Å². The van der Waals surface area contributed by atoms with Gasteiger partial charge < -0.3 is 9.13 Å². The molecule has 0 aliphatic carbocycles. The number of fused-ring (bicyclic) bond motifs is 8. The highest BCUT2D eigenvalue weighted by molar-refractivity contribution is 6.21. The van der Waals surface area contributed by atoms with E-state index in [0.717, 1.165) is 5.69 Å². The van der Waals surface area contributed by atoms with Gasteiger partial charge in [-0.1, -0.05) is 181 Å². The highest BCUT2D eigenvalue weighted by atomic mass is 15.0. The molecule has 318 valence electrons. The highest BCUT2D eigenvalue weighted by Crippen LogP contribution is 2.45. The number of nitrogens with zero attached hydrogens (tertiary/aromatic N) is 2. The van der Waals surface area contributed by atoms with Gasteiger partial charge in [0.25, 0.3) is 0 Å². The van der Waals surface area contributed by atoms with Crippen LogP contribution in [-0.4, -0.2) is 9.13 Å². The maximum Gasteiger partial charge on any atom is 0.0541 e. The lowest BCUT2D eigenvalue weighted by atomic mass is 9.85. The second-order valence-electron chi connectivity index (χ2n) is 20.2. The molecule has 0 aliphatic heterocycles. The zero-order valence-corrected chi connectivity index (χ0v) is 38.5. The molecule has 0 aliphatic rings. The van der Waals surface area contributed by atoms with Crippen molar-refractivity contribution in [2.75, 3.05) is 0 Å². The quantitative estimate of drug-likeness (QED) is 0.153. The van der Waals surface area contributed by atoms with Gasteiger partial charge in [-0.3, -0.25) is 0 Å². The molecule has 2 heteroatoms. The molecule has 12 rings (SSSR count). The second-order valence-corrected chi connectivity index (χ2v) is 20.2. The van der Waals surface area contributed by atoms with Gasteiger partial charge in [-0.25, -0.2) is 0 Å². The van der Waals surface area contributed by atoms with Gasteiger partial charge in [0, 0.05) is 32.9 Å². The Labute approximate surface area is 387 Å². The average Bonchev–Trinajstić information content (AvgIpc) is 3.85. The third kappa shape index (κ3) is 6.38. The number of hydrogen-bond donors (Lipinski definition) is 0. The molecule has 0 atom stereocenters. The molecular formula is C64H52N2. The monoisotopic (exact) mass is 848 g/mol. The number of rotatable bonds is 5. The van der Waals surface area contributed by atoms with E-state index in [-0.39, 0.29) is 10.8 Å². The van der Waals surface area contributed by atoms with Gasteiger partial charge in [0.2, 0.25) is 0 Å². The fraction of sp³-hybridized carbons (Fsp3) is 0.125. The largest absolute Gasteiger partial charge is 0.309 e. The first-order valence-corrected chi connectivity index (χ1v) is 23.3. The lowest BCUT2D eigenvalue weighted by Crippen LogP contribution is -2.10. The van der Waals surface area contributed by atoms with Crippen LogP contribution >= 0.6 is 0 Å². The Kier molecular flexibility index (Phi) is 9.03. The summed E-state index contributed by atoms with van der Waals surface area (Å²) < 4.78 is 4.87. The molecule has 2 aromatic heterocycles. The van der Waals surface area contributed by atoms with Crippen LogP contribution in [-0.2, 0) is 10.8 Å². The van der Waals surface area contributed by atoms with Crippen LogP contribution in [0.2, 0.25) is 0 Å². The SMILES string of the molecule is CC(C)(C)c1ccc2c(c1)c1cc(C(C)(C)C)ccc1n2-c1ccc(-c2ccc3c(c2)c2ccccc2n3-c2ccc(-c3c4ccccc4c(-c4ccccc4)c4ccccc34)cc2)cc1. The molecule has 2 nitrogen and oxygen atoms in total. The Morgan fingerprint density at radius 1 is 0.258 bits per heavy atom. The zero-order valence-electron chi connectivity index (χ0n) is 38.5. The molecule has 0 saturated heterocycles. The molecule has 0 saturated carbocycles. The van der Waals surface area contributed by atoms with Crippen LogP contribution in [0.4, 0.5) is 0 Å². The average molecular weight is 849 g/mol. The van der Waals surface area contributed by atoms with Crippen molar-refractivity contribution in [1.82, 2.24) is 9.13 Å². The first-order valence-electron chi connectivity index (χ1n) is 23.3. The fourth-order valence-electron chi connectivity index (χ4n) is 10.6. The Morgan fingerprint density at radius 3 is 1.08 bits per heavy atom. The minimum absolute atomic E-state index is 0.0615. The first kappa shape index (κ1) is 39.9. The molecule has 0 amide bonds. The summed E-state index contributed by atoms with van der Waals surface area (Å²) in [7, 11) is 0. The minimum atomic E-state index is 0.0615. The molecule has 66 heavy (non-hydrogen) atoms. The Hall–Kier alpha value is -7.68. The molecule has 10 aromatic carbocycles. The van der Waals surface area contributed by atoms with Crippen LogP contribution in [0.3, 0.4) is 0 Å². The smallest absolute Gasteiger partial charge is 0.0541 e. The van der Waals surface area contributed by atoms with Crippen LogP contribution < -0.4 is 0 Å². The number of hydrogen-bond acceptors (Lipinski definition) is 0. The summed E-state index contributed by atoms with van der Waals surface area (Å²) in [5, 5.41) is 10.2. The van der Waals surface area contributed by atoms with E-state index in [2.05, 4.69) is 257 Å². The van der Waals surface area contributed by atoms with Crippen LogP contribution in [0.15, 0.2) is 206 Å². The van der Waals surface area contributed by atoms with E-state index in [1.807, 2.05) is 0 Å². The normalized spacial score (nSPS) is 12.4. The third-order valence-corrected chi connectivity index (χ3v) is 14.0. The van der Waals surface area contributed by atoms with E-state index in [4.69, 9.17) is 0 Å².